The van der Waals surface area contributed by atoms with E-state index in [9.17, 15) is 0 Å². The van der Waals surface area contributed by atoms with Crippen LogP contribution in [-0.4, -0.2) is 37.2 Å². The molecule has 2 aromatic carbocycles. The summed E-state index contributed by atoms with van der Waals surface area (Å²) in [7, 11) is 0. The van der Waals surface area contributed by atoms with Crippen molar-refractivity contribution in [3.05, 3.63) is 48.0 Å². The largest absolute Gasteiger partial charge is 0.373 e. The van der Waals surface area contributed by atoms with E-state index >= 15 is 0 Å². The van der Waals surface area contributed by atoms with Crippen LogP contribution in [-0.2, 0) is 11.3 Å². The topological polar surface area (TPSA) is 38.5 Å². The Morgan fingerprint density at radius 3 is 2.59 bits per heavy atom. The average Bonchev–Trinajstić information content (AvgIpc) is 2.59. The monoisotopic (exact) mass is 298 g/mol. The van der Waals surface area contributed by atoms with E-state index in [0.29, 0.717) is 6.10 Å². The van der Waals surface area contributed by atoms with Crippen molar-refractivity contribution in [3.8, 4) is 0 Å². The Labute approximate surface area is 133 Å². The first kappa shape index (κ1) is 15.5. The SMILES string of the molecule is NCCCN1CCC(OCc2ccc3ccccc3c2)CC1. The van der Waals surface area contributed by atoms with Crippen LogP contribution in [0.2, 0.25) is 0 Å². The van der Waals surface area contributed by atoms with Crippen molar-refractivity contribution in [1.82, 2.24) is 4.90 Å². The van der Waals surface area contributed by atoms with Crippen molar-refractivity contribution < 1.29 is 4.74 Å². The molecule has 2 aromatic rings. The molecule has 0 atom stereocenters. The lowest BCUT2D eigenvalue weighted by atomic mass is 10.1. The molecule has 118 valence electrons. The van der Waals surface area contributed by atoms with Crippen LogP contribution < -0.4 is 5.73 Å². The Bertz CT molecular complexity index is 591. The Hall–Kier alpha value is -1.42. The lowest BCUT2D eigenvalue weighted by molar-refractivity contribution is -0.00241. The van der Waals surface area contributed by atoms with Gasteiger partial charge in [-0.2, -0.15) is 0 Å². The number of fused-ring (bicyclic) bond motifs is 1. The van der Waals surface area contributed by atoms with Crippen LogP contribution in [0.15, 0.2) is 42.5 Å². The molecule has 1 aliphatic heterocycles. The Kier molecular flexibility index (Phi) is 5.43. The summed E-state index contributed by atoms with van der Waals surface area (Å²) < 4.78 is 6.12. The molecule has 0 aliphatic carbocycles. The first-order valence-corrected chi connectivity index (χ1v) is 8.37. The van der Waals surface area contributed by atoms with E-state index in [1.807, 2.05) is 0 Å². The van der Waals surface area contributed by atoms with E-state index < -0.39 is 0 Å². The van der Waals surface area contributed by atoms with Gasteiger partial charge in [0.05, 0.1) is 12.7 Å². The van der Waals surface area contributed by atoms with E-state index in [0.717, 1.165) is 52.0 Å². The minimum Gasteiger partial charge on any atom is -0.373 e. The zero-order valence-corrected chi connectivity index (χ0v) is 13.2. The fraction of sp³-hybridized carbons (Fsp3) is 0.474. The third-order valence-electron chi connectivity index (χ3n) is 4.51. The van der Waals surface area contributed by atoms with Gasteiger partial charge in [0.15, 0.2) is 0 Å². The van der Waals surface area contributed by atoms with Crippen LogP contribution in [0.5, 0.6) is 0 Å². The standard InChI is InChI=1S/C19H26N2O/c20-10-3-11-21-12-8-19(9-13-21)22-15-16-6-7-17-4-1-2-5-18(17)14-16/h1-2,4-7,14,19H,3,8-13,15,20H2. The number of ether oxygens (including phenoxy) is 1. The van der Waals surface area contributed by atoms with Crippen LogP contribution in [0.4, 0.5) is 0 Å². The van der Waals surface area contributed by atoms with Crippen LogP contribution >= 0.6 is 0 Å². The maximum atomic E-state index is 6.12. The molecule has 22 heavy (non-hydrogen) atoms. The van der Waals surface area contributed by atoms with Gasteiger partial charge in [-0.05, 0) is 54.8 Å². The summed E-state index contributed by atoms with van der Waals surface area (Å²) in [4.78, 5) is 2.50. The predicted molar refractivity (Wildman–Crippen MR) is 91.9 cm³/mol. The third kappa shape index (κ3) is 4.07. The first-order chi connectivity index (χ1) is 10.8. The molecule has 3 nitrogen and oxygen atoms in total. The molecular weight excluding hydrogens is 272 g/mol. The van der Waals surface area contributed by atoms with Gasteiger partial charge in [0.25, 0.3) is 0 Å². The molecule has 0 saturated carbocycles. The molecule has 0 unspecified atom stereocenters. The zero-order valence-electron chi connectivity index (χ0n) is 13.2. The molecule has 0 aromatic heterocycles. The fourth-order valence-electron chi connectivity index (χ4n) is 3.16. The van der Waals surface area contributed by atoms with Gasteiger partial charge in [-0.3, -0.25) is 0 Å². The molecule has 0 radical (unpaired) electrons. The van der Waals surface area contributed by atoms with Gasteiger partial charge in [0, 0.05) is 13.1 Å². The number of nitrogens with zero attached hydrogens (tertiary/aromatic N) is 1. The van der Waals surface area contributed by atoms with E-state index in [1.54, 1.807) is 0 Å². The average molecular weight is 298 g/mol. The van der Waals surface area contributed by atoms with Gasteiger partial charge in [0.2, 0.25) is 0 Å². The van der Waals surface area contributed by atoms with Gasteiger partial charge >= 0.3 is 0 Å². The number of benzene rings is 2. The van der Waals surface area contributed by atoms with E-state index in [2.05, 4.69) is 47.4 Å². The Morgan fingerprint density at radius 2 is 1.82 bits per heavy atom. The van der Waals surface area contributed by atoms with Crippen molar-refractivity contribution >= 4 is 10.8 Å². The molecule has 1 fully saturated rings. The number of rotatable bonds is 6. The van der Waals surface area contributed by atoms with Crippen molar-refractivity contribution in [1.29, 1.82) is 0 Å². The number of likely N-dealkylation sites (tertiary alicyclic amines) is 1. The summed E-state index contributed by atoms with van der Waals surface area (Å²) in [5.74, 6) is 0. The maximum Gasteiger partial charge on any atom is 0.0720 e. The highest BCUT2D eigenvalue weighted by molar-refractivity contribution is 5.82. The molecular formula is C19H26N2O. The van der Waals surface area contributed by atoms with Gasteiger partial charge in [-0.1, -0.05) is 36.4 Å². The summed E-state index contributed by atoms with van der Waals surface area (Å²) in [6.45, 7) is 4.93. The van der Waals surface area contributed by atoms with Crippen molar-refractivity contribution in [2.24, 2.45) is 5.73 Å². The molecule has 2 N–H and O–H groups in total. The van der Waals surface area contributed by atoms with E-state index in [1.165, 1.54) is 16.3 Å². The van der Waals surface area contributed by atoms with Gasteiger partial charge in [0.1, 0.15) is 0 Å². The minimum atomic E-state index is 0.403. The quantitative estimate of drug-likeness (QED) is 0.890. The number of piperidine rings is 1. The highest BCUT2D eigenvalue weighted by Crippen LogP contribution is 2.19. The third-order valence-corrected chi connectivity index (χ3v) is 4.51. The molecule has 1 heterocycles. The van der Waals surface area contributed by atoms with E-state index in [4.69, 9.17) is 10.5 Å². The van der Waals surface area contributed by atoms with Crippen molar-refractivity contribution in [2.75, 3.05) is 26.2 Å². The molecule has 0 spiro atoms. The second-order valence-corrected chi connectivity index (χ2v) is 6.18. The summed E-state index contributed by atoms with van der Waals surface area (Å²) >= 11 is 0. The second kappa shape index (κ2) is 7.73. The number of nitrogens with two attached hydrogens (primary N) is 1. The molecule has 3 rings (SSSR count). The van der Waals surface area contributed by atoms with Crippen LogP contribution in [0, 0.1) is 0 Å². The van der Waals surface area contributed by atoms with Gasteiger partial charge in [-0.25, -0.2) is 0 Å². The summed E-state index contributed by atoms with van der Waals surface area (Å²) in [5.41, 5.74) is 6.84. The highest BCUT2D eigenvalue weighted by atomic mass is 16.5. The second-order valence-electron chi connectivity index (χ2n) is 6.18. The maximum absolute atomic E-state index is 6.12. The van der Waals surface area contributed by atoms with Gasteiger partial charge < -0.3 is 15.4 Å². The van der Waals surface area contributed by atoms with Gasteiger partial charge in [-0.15, -0.1) is 0 Å². The first-order valence-electron chi connectivity index (χ1n) is 8.37. The summed E-state index contributed by atoms with van der Waals surface area (Å²) in [6.07, 6.45) is 3.78. The highest BCUT2D eigenvalue weighted by Gasteiger charge is 2.19. The molecule has 1 saturated heterocycles. The normalized spacial score (nSPS) is 17.1. The van der Waals surface area contributed by atoms with Crippen LogP contribution in [0.25, 0.3) is 10.8 Å². The van der Waals surface area contributed by atoms with Crippen LogP contribution in [0.1, 0.15) is 24.8 Å². The molecule has 3 heteroatoms. The van der Waals surface area contributed by atoms with Crippen molar-refractivity contribution in [3.63, 3.8) is 0 Å². The molecule has 0 bridgehead atoms. The fourth-order valence-corrected chi connectivity index (χ4v) is 3.16. The Balaban J connectivity index is 1.48. The lowest BCUT2D eigenvalue weighted by Crippen LogP contribution is -2.38. The summed E-state index contributed by atoms with van der Waals surface area (Å²) in [6, 6.07) is 15.1. The Morgan fingerprint density at radius 1 is 1.05 bits per heavy atom. The zero-order chi connectivity index (χ0) is 15.2. The van der Waals surface area contributed by atoms with Crippen molar-refractivity contribution in [2.45, 2.75) is 32.0 Å². The lowest BCUT2D eigenvalue weighted by Gasteiger charge is -2.31. The summed E-state index contributed by atoms with van der Waals surface area (Å²) in [5, 5.41) is 2.58. The number of hydrogen-bond donors (Lipinski definition) is 1. The number of hydrogen-bond acceptors (Lipinski definition) is 3. The molecule has 0 amide bonds. The predicted octanol–water partition coefficient (Wildman–Crippen LogP) is 3.17. The molecule has 1 aliphatic rings. The smallest absolute Gasteiger partial charge is 0.0720 e. The van der Waals surface area contributed by atoms with E-state index in [-0.39, 0.29) is 0 Å². The van der Waals surface area contributed by atoms with Crippen LogP contribution in [0.3, 0.4) is 0 Å². The minimum absolute atomic E-state index is 0.403.